The van der Waals surface area contributed by atoms with E-state index in [4.69, 9.17) is 8.83 Å². The lowest BCUT2D eigenvalue weighted by atomic mass is 9.84. The van der Waals surface area contributed by atoms with Gasteiger partial charge < -0.3 is 8.83 Å². The fraction of sp³-hybridized carbons (Fsp3) is 0. The van der Waals surface area contributed by atoms with E-state index < -0.39 is 0 Å². The molecule has 0 unspecified atom stereocenters. The number of fused-ring (bicyclic) bond motifs is 10. The third-order valence-electron chi connectivity index (χ3n) is 12.6. The molecule has 60 heavy (non-hydrogen) atoms. The van der Waals surface area contributed by atoms with E-state index in [1.54, 1.807) is 0 Å². The number of rotatable bonds is 4. The third kappa shape index (κ3) is 4.82. The Kier molecular flexibility index (Phi) is 7.05. The Morgan fingerprint density at radius 2 is 0.533 bits per heavy atom. The molecule has 0 amide bonds. The number of para-hydroxylation sites is 2. The normalized spacial score (nSPS) is 12.0. The summed E-state index contributed by atoms with van der Waals surface area (Å²) in [6, 6.07) is 74.5. The van der Waals surface area contributed by atoms with E-state index >= 15 is 0 Å². The van der Waals surface area contributed by atoms with Crippen LogP contribution < -0.4 is 0 Å². The van der Waals surface area contributed by atoms with Gasteiger partial charge in [-0.05, 0) is 113 Å². The molecule has 0 aliphatic carbocycles. The maximum atomic E-state index is 6.70. The van der Waals surface area contributed by atoms with Crippen molar-refractivity contribution in [1.82, 2.24) is 0 Å². The van der Waals surface area contributed by atoms with Gasteiger partial charge in [0.15, 0.2) is 0 Å². The van der Waals surface area contributed by atoms with Crippen molar-refractivity contribution in [1.29, 1.82) is 0 Å². The van der Waals surface area contributed by atoms with Gasteiger partial charge in [0, 0.05) is 32.7 Å². The first-order valence-corrected chi connectivity index (χ1v) is 20.6. The molecule has 0 atom stereocenters. The topological polar surface area (TPSA) is 26.3 Å². The minimum Gasteiger partial charge on any atom is -0.455 e. The van der Waals surface area contributed by atoms with Gasteiger partial charge in [0.05, 0.1) is 0 Å². The number of hydrogen-bond donors (Lipinski definition) is 0. The van der Waals surface area contributed by atoms with Crippen LogP contribution in [0, 0.1) is 0 Å². The number of hydrogen-bond acceptors (Lipinski definition) is 2. The zero-order chi connectivity index (χ0) is 39.3. The monoisotopic (exact) mass is 762 g/mol. The fourth-order valence-electron chi connectivity index (χ4n) is 10.0. The lowest BCUT2D eigenvalue weighted by Gasteiger charge is -2.19. The Balaban J connectivity index is 1.05. The molecule has 2 aromatic heterocycles. The molecule has 11 aromatic carbocycles. The summed E-state index contributed by atoms with van der Waals surface area (Å²) in [6.07, 6.45) is 0. The Morgan fingerprint density at radius 3 is 0.933 bits per heavy atom. The molecule has 0 spiro atoms. The highest BCUT2D eigenvalue weighted by Crippen LogP contribution is 2.48. The summed E-state index contributed by atoms with van der Waals surface area (Å²) in [4.78, 5) is 0. The van der Waals surface area contributed by atoms with Crippen molar-refractivity contribution in [3.8, 4) is 44.5 Å². The smallest absolute Gasteiger partial charge is 0.143 e. The summed E-state index contributed by atoms with van der Waals surface area (Å²) in [5, 5.41) is 14.1. The van der Waals surface area contributed by atoms with Crippen LogP contribution in [0.1, 0.15) is 0 Å². The summed E-state index contributed by atoms with van der Waals surface area (Å²) in [7, 11) is 0. The van der Waals surface area contributed by atoms with Crippen LogP contribution in [0.4, 0.5) is 0 Å². The summed E-state index contributed by atoms with van der Waals surface area (Å²) in [5.41, 5.74) is 12.9. The highest BCUT2D eigenvalue weighted by molar-refractivity contribution is 6.23. The molecule has 0 fully saturated rings. The first-order valence-electron chi connectivity index (χ1n) is 20.6. The largest absolute Gasteiger partial charge is 0.455 e. The van der Waals surface area contributed by atoms with Crippen LogP contribution in [-0.2, 0) is 0 Å². The van der Waals surface area contributed by atoms with E-state index in [0.717, 1.165) is 66.1 Å². The van der Waals surface area contributed by atoms with Crippen LogP contribution in [-0.4, -0.2) is 0 Å². The van der Waals surface area contributed by atoms with Gasteiger partial charge in [0.1, 0.15) is 22.3 Å². The van der Waals surface area contributed by atoms with E-state index in [-0.39, 0.29) is 0 Å². The third-order valence-corrected chi connectivity index (χ3v) is 12.6. The van der Waals surface area contributed by atoms with Gasteiger partial charge in [-0.25, -0.2) is 0 Å². The van der Waals surface area contributed by atoms with E-state index in [1.807, 2.05) is 12.1 Å². The quantitative estimate of drug-likeness (QED) is 0.167. The molecule has 0 aliphatic rings. The van der Waals surface area contributed by atoms with Crippen LogP contribution in [0.25, 0.3) is 131 Å². The predicted molar refractivity (Wildman–Crippen MR) is 253 cm³/mol. The molecule has 0 bridgehead atoms. The van der Waals surface area contributed by atoms with Gasteiger partial charge in [-0.15, -0.1) is 0 Å². The molecule has 2 heteroatoms. The summed E-state index contributed by atoms with van der Waals surface area (Å²) in [5.74, 6) is 0. The van der Waals surface area contributed by atoms with Crippen LogP contribution in [0.5, 0.6) is 0 Å². The first kappa shape index (κ1) is 33.1. The van der Waals surface area contributed by atoms with E-state index in [1.165, 1.54) is 65.3 Å². The van der Waals surface area contributed by atoms with Crippen LogP contribution in [0.2, 0.25) is 0 Å². The highest BCUT2D eigenvalue weighted by Gasteiger charge is 2.21. The molecule has 0 saturated heterocycles. The Hall–Kier alpha value is -7.94. The number of benzene rings is 11. The number of furan rings is 2. The molecule has 0 N–H and O–H groups in total. The molecule has 2 heterocycles. The van der Waals surface area contributed by atoms with Crippen molar-refractivity contribution in [3.63, 3.8) is 0 Å². The molecule has 278 valence electrons. The summed E-state index contributed by atoms with van der Waals surface area (Å²) < 4.78 is 13.4. The second-order valence-corrected chi connectivity index (χ2v) is 15.9. The Bertz CT molecular complexity index is 3590. The molecule has 0 aliphatic heterocycles. The molecule has 2 nitrogen and oxygen atoms in total. The van der Waals surface area contributed by atoms with Crippen molar-refractivity contribution in [2.75, 3.05) is 0 Å². The molecule has 0 radical (unpaired) electrons. The van der Waals surface area contributed by atoms with E-state index in [9.17, 15) is 0 Å². The van der Waals surface area contributed by atoms with E-state index in [2.05, 4.69) is 194 Å². The molecular formula is C58H34O2. The second-order valence-electron chi connectivity index (χ2n) is 15.9. The second kappa shape index (κ2) is 12.8. The molecule has 13 rings (SSSR count). The predicted octanol–water partition coefficient (Wildman–Crippen LogP) is 16.8. The Labute approximate surface area is 345 Å². The van der Waals surface area contributed by atoms with E-state index in [0.29, 0.717) is 0 Å². The van der Waals surface area contributed by atoms with Gasteiger partial charge >= 0.3 is 0 Å². The fourth-order valence-corrected chi connectivity index (χ4v) is 10.0. The first-order chi connectivity index (χ1) is 29.8. The lowest BCUT2D eigenvalue weighted by molar-refractivity contribution is 0.670. The molecular weight excluding hydrogens is 729 g/mol. The van der Waals surface area contributed by atoms with Crippen molar-refractivity contribution < 1.29 is 8.83 Å². The summed E-state index contributed by atoms with van der Waals surface area (Å²) >= 11 is 0. The van der Waals surface area contributed by atoms with Gasteiger partial charge in [-0.3, -0.25) is 0 Å². The highest BCUT2D eigenvalue weighted by atomic mass is 16.3. The Morgan fingerprint density at radius 1 is 0.217 bits per heavy atom. The van der Waals surface area contributed by atoms with Gasteiger partial charge in [-0.1, -0.05) is 170 Å². The van der Waals surface area contributed by atoms with Crippen molar-refractivity contribution >= 4 is 87.0 Å². The van der Waals surface area contributed by atoms with Crippen LogP contribution >= 0.6 is 0 Å². The van der Waals surface area contributed by atoms with Gasteiger partial charge in [0.2, 0.25) is 0 Å². The van der Waals surface area contributed by atoms with Crippen molar-refractivity contribution in [3.05, 3.63) is 206 Å². The molecule has 13 aromatic rings. The minimum atomic E-state index is 0.902. The van der Waals surface area contributed by atoms with Crippen molar-refractivity contribution in [2.24, 2.45) is 0 Å². The standard InChI is InChI=1S/C58H34O2/c1-3-21-41-35(15-1)33-49-43-23-9-11-29-51(43)59-57(49)55(41)39-19-13-17-37(31-39)53-45-25-5-7-27-47(45)54(48-28-8-6-26-46(48)53)38-18-14-20-40(32-38)56-42-22-4-2-16-36(42)34-50-44-24-10-12-30-52(44)60-58(50)56/h1-34H. The van der Waals surface area contributed by atoms with Crippen LogP contribution in [0.15, 0.2) is 215 Å². The maximum Gasteiger partial charge on any atom is 0.143 e. The zero-order valence-corrected chi connectivity index (χ0v) is 32.4. The van der Waals surface area contributed by atoms with Gasteiger partial charge in [0.25, 0.3) is 0 Å². The van der Waals surface area contributed by atoms with Crippen LogP contribution in [0.3, 0.4) is 0 Å². The SMILES string of the molecule is c1cc(-c2c3ccccc3c(-c3cccc(-c4c5ccccc5cc5c4oc4ccccc45)c3)c3ccccc23)cc(-c2c3ccccc3cc3c2oc2ccccc23)c1. The minimum absolute atomic E-state index is 0.902. The zero-order valence-electron chi connectivity index (χ0n) is 32.4. The maximum absolute atomic E-state index is 6.70. The molecule has 0 saturated carbocycles. The average Bonchev–Trinajstić information content (AvgIpc) is 3.87. The van der Waals surface area contributed by atoms with Gasteiger partial charge in [-0.2, -0.15) is 0 Å². The summed E-state index contributed by atoms with van der Waals surface area (Å²) in [6.45, 7) is 0. The lowest BCUT2D eigenvalue weighted by Crippen LogP contribution is -1.92. The average molecular weight is 763 g/mol. The van der Waals surface area contributed by atoms with Crippen molar-refractivity contribution in [2.45, 2.75) is 0 Å².